The number of ether oxygens (including phenoxy) is 2. The number of rotatable bonds is 3. The standard InChI is InChI=1S/C25H21NO4/c1-14-12-21(29-22(27)11-8-17-4-6-18(13-26)7-5-17)16(3)23-19(14)9-10-20-15(2)25(28)30-24(20)23/h4-8,11-12,20,24H,2,9-10H2,1,3H3. The van der Waals surface area contributed by atoms with Crippen LogP contribution in [0.3, 0.4) is 0 Å². The van der Waals surface area contributed by atoms with Crippen molar-refractivity contribution in [3.8, 4) is 11.8 Å². The van der Waals surface area contributed by atoms with Crippen molar-refractivity contribution in [1.29, 1.82) is 5.26 Å². The minimum atomic E-state index is -0.498. The van der Waals surface area contributed by atoms with Crippen LogP contribution in [-0.4, -0.2) is 11.9 Å². The lowest BCUT2D eigenvalue weighted by Gasteiger charge is -2.30. The van der Waals surface area contributed by atoms with E-state index in [0.717, 1.165) is 40.7 Å². The molecule has 0 bridgehead atoms. The zero-order valence-electron chi connectivity index (χ0n) is 16.9. The summed E-state index contributed by atoms with van der Waals surface area (Å²) in [5.41, 5.74) is 5.80. The molecule has 5 heteroatoms. The highest BCUT2D eigenvalue weighted by atomic mass is 16.6. The molecule has 0 amide bonds. The van der Waals surface area contributed by atoms with Crippen LogP contribution in [0.25, 0.3) is 6.08 Å². The van der Waals surface area contributed by atoms with Crippen molar-refractivity contribution in [1.82, 2.24) is 0 Å². The van der Waals surface area contributed by atoms with Gasteiger partial charge in [-0.25, -0.2) is 9.59 Å². The summed E-state index contributed by atoms with van der Waals surface area (Å²) >= 11 is 0. The van der Waals surface area contributed by atoms with E-state index >= 15 is 0 Å². The molecule has 4 rings (SSSR count). The van der Waals surface area contributed by atoms with Gasteiger partial charge in [0.25, 0.3) is 0 Å². The van der Waals surface area contributed by atoms with Gasteiger partial charge in [-0.1, -0.05) is 18.7 Å². The number of hydrogen-bond acceptors (Lipinski definition) is 5. The molecule has 0 radical (unpaired) electrons. The first-order valence-corrected chi connectivity index (χ1v) is 9.82. The SMILES string of the molecule is C=C1C(=O)OC2c3c(C)c(OC(=O)C=Cc4ccc(C#N)cc4)cc(C)c3CCC12. The Bertz CT molecular complexity index is 1140. The Morgan fingerprint density at radius 3 is 2.73 bits per heavy atom. The summed E-state index contributed by atoms with van der Waals surface area (Å²) in [6, 6.07) is 10.8. The Morgan fingerprint density at radius 1 is 1.30 bits per heavy atom. The van der Waals surface area contributed by atoms with Crippen LogP contribution in [0.5, 0.6) is 5.75 Å². The van der Waals surface area contributed by atoms with Crippen LogP contribution in [0, 0.1) is 31.1 Å². The zero-order chi connectivity index (χ0) is 21.4. The van der Waals surface area contributed by atoms with Gasteiger partial charge in [-0.05, 0) is 73.2 Å². The molecule has 150 valence electrons. The first kappa shape index (κ1) is 19.7. The monoisotopic (exact) mass is 399 g/mol. The molecule has 0 saturated carbocycles. The van der Waals surface area contributed by atoms with Crippen LogP contribution in [0.4, 0.5) is 0 Å². The normalized spacial score (nSPS) is 19.8. The average Bonchev–Trinajstić information content (AvgIpc) is 3.04. The molecule has 2 unspecified atom stereocenters. The predicted octanol–water partition coefficient (Wildman–Crippen LogP) is 4.51. The van der Waals surface area contributed by atoms with Crippen molar-refractivity contribution in [2.24, 2.45) is 5.92 Å². The number of hydrogen-bond donors (Lipinski definition) is 0. The average molecular weight is 399 g/mol. The van der Waals surface area contributed by atoms with Crippen LogP contribution in [0.1, 0.15) is 45.9 Å². The third-order valence-electron chi connectivity index (χ3n) is 5.88. The lowest BCUT2D eigenvalue weighted by molar-refractivity contribution is -0.139. The van der Waals surface area contributed by atoms with E-state index in [1.165, 1.54) is 6.08 Å². The highest BCUT2D eigenvalue weighted by molar-refractivity contribution is 5.91. The quantitative estimate of drug-likeness (QED) is 0.431. The number of esters is 2. The molecule has 30 heavy (non-hydrogen) atoms. The number of nitrogens with zero attached hydrogens (tertiary/aromatic N) is 1. The van der Waals surface area contributed by atoms with Gasteiger partial charge in [0.05, 0.1) is 11.6 Å². The minimum absolute atomic E-state index is 0.0228. The fraction of sp³-hybridized carbons (Fsp3) is 0.240. The summed E-state index contributed by atoms with van der Waals surface area (Å²) in [4.78, 5) is 24.4. The maximum Gasteiger partial charge on any atom is 0.336 e. The summed E-state index contributed by atoms with van der Waals surface area (Å²) in [6.07, 6.45) is 4.31. The van der Waals surface area contributed by atoms with Crippen LogP contribution in [-0.2, 0) is 20.7 Å². The van der Waals surface area contributed by atoms with Crippen LogP contribution in [0.2, 0.25) is 0 Å². The Hall–Kier alpha value is -3.65. The largest absolute Gasteiger partial charge is 0.453 e. The maximum absolute atomic E-state index is 12.4. The molecule has 0 aromatic heterocycles. The molecule has 1 aliphatic carbocycles. The van der Waals surface area contributed by atoms with Gasteiger partial charge in [-0.2, -0.15) is 5.26 Å². The molecule has 1 saturated heterocycles. The topological polar surface area (TPSA) is 76.4 Å². The summed E-state index contributed by atoms with van der Waals surface area (Å²) in [6.45, 7) is 7.76. The molecule has 2 aromatic rings. The highest BCUT2D eigenvalue weighted by Crippen LogP contribution is 2.49. The van der Waals surface area contributed by atoms with E-state index in [2.05, 4.69) is 12.6 Å². The molecule has 1 fully saturated rings. The zero-order valence-corrected chi connectivity index (χ0v) is 16.9. The van der Waals surface area contributed by atoms with E-state index in [4.69, 9.17) is 14.7 Å². The molecule has 2 aliphatic rings. The smallest absolute Gasteiger partial charge is 0.336 e. The van der Waals surface area contributed by atoms with Gasteiger partial charge in [0.2, 0.25) is 0 Å². The first-order chi connectivity index (χ1) is 14.4. The maximum atomic E-state index is 12.4. The second kappa shape index (κ2) is 7.64. The van der Waals surface area contributed by atoms with E-state index in [1.807, 2.05) is 19.9 Å². The third-order valence-corrected chi connectivity index (χ3v) is 5.88. The minimum Gasteiger partial charge on any atom is -0.453 e. The van der Waals surface area contributed by atoms with E-state index in [0.29, 0.717) is 16.9 Å². The Morgan fingerprint density at radius 2 is 2.03 bits per heavy atom. The fourth-order valence-electron chi connectivity index (χ4n) is 4.25. The van der Waals surface area contributed by atoms with Crippen LogP contribution in [0.15, 0.2) is 48.6 Å². The second-order valence-corrected chi connectivity index (χ2v) is 7.69. The predicted molar refractivity (Wildman–Crippen MR) is 112 cm³/mol. The number of benzene rings is 2. The van der Waals surface area contributed by atoms with Crippen LogP contribution >= 0.6 is 0 Å². The molecular formula is C25H21NO4. The van der Waals surface area contributed by atoms with Gasteiger partial charge >= 0.3 is 11.9 Å². The van der Waals surface area contributed by atoms with Crippen molar-refractivity contribution in [2.75, 3.05) is 0 Å². The molecule has 0 N–H and O–H groups in total. The summed E-state index contributed by atoms with van der Waals surface area (Å²) in [5.74, 6) is -0.398. The molecule has 2 atom stereocenters. The fourth-order valence-corrected chi connectivity index (χ4v) is 4.25. The van der Waals surface area contributed by atoms with Crippen molar-refractivity contribution in [2.45, 2.75) is 32.8 Å². The number of carbonyl (C=O) groups is 2. The van der Waals surface area contributed by atoms with Crippen molar-refractivity contribution < 1.29 is 19.1 Å². The van der Waals surface area contributed by atoms with Gasteiger partial charge < -0.3 is 9.47 Å². The summed E-state index contributed by atoms with van der Waals surface area (Å²) < 4.78 is 11.2. The molecule has 2 aromatic carbocycles. The molecule has 1 heterocycles. The Balaban J connectivity index is 1.59. The van der Waals surface area contributed by atoms with Crippen molar-refractivity contribution in [3.63, 3.8) is 0 Å². The Kier molecular flexibility index (Phi) is 5.01. The summed E-state index contributed by atoms with van der Waals surface area (Å²) in [5, 5.41) is 8.85. The third kappa shape index (κ3) is 3.42. The van der Waals surface area contributed by atoms with Crippen molar-refractivity contribution >= 4 is 18.0 Å². The molecule has 5 nitrogen and oxygen atoms in total. The lowest BCUT2D eigenvalue weighted by Crippen LogP contribution is -2.21. The lowest BCUT2D eigenvalue weighted by atomic mass is 9.76. The van der Waals surface area contributed by atoms with Gasteiger partial charge in [0.15, 0.2) is 0 Å². The highest BCUT2D eigenvalue weighted by Gasteiger charge is 2.44. The van der Waals surface area contributed by atoms with E-state index in [-0.39, 0.29) is 18.0 Å². The van der Waals surface area contributed by atoms with Gasteiger partial charge in [-0.3, -0.25) is 0 Å². The second-order valence-electron chi connectivity index (χ2n) is 7.69. The molecular weight excluding hydrogens is 378 g/mol. The summed E-state index contributed by atoms with van der Waals surface area (Å²) in [7, 11) is 0. The molecule has 0 spiro atoms. The first-order valence-electron chi connectivity index (χ1n) is 9.82. The Labute approximate surface area is 175 Å². The van der Waals surface area contributed by atoms with Gasteiger partial charge in [0, 0.05) is 23.1 Å². The number of aryl methyl sites for hydroxylation is 1. The van der Waals surface area contributed by atoms with E-state index in [9.17, 15) is 9.59 Å². The van der Waals surface area contributed by atoms with Crippen molar-refractivity contribution in [3.05, 3.63) is 81.9 Å². The number of carbonyl (C=O) groups excluding carboxylic acids is 2. The van der Waals surface area contributed by atoms with Gasteiger partial charge in [-0.15, -0.1) is 0 Å². The number of nitriles is 1. The number of fused-ring (bicyclic) bond motifs is 3. The molecule has 1 aliphatic heterocycles. The van der Waals surface area contributed by atoms with Crippen LogP contribution < -0.4 is 4.74 Å². The van der Waals surface area contributed by atoms with Gasteiger partial charge in [0.1, 0.15) is 11.9 Å². The van der Waals surface area contributed by atoms with E-state index < -0.39 is 5.97 Å². The van der Waals surface area contributed by atoms with E-state index in [1.54, 1.807) is 30.3 Å².